The molecule has 1 aromatic rings. The van der Waals surface area contributed by atoms with Crippen molar-refractivity contribution in [2.75, 3.05) is 5.75 Å². The number of carbonyl (C=O) groups excluding carboxylic acids is 1. The van der Waals surface area contributed by atoms with Gasteiger partial charge in [-0.3, -0.25) is 9.52 Å². The second-order valence-corrected chi connectivity index (χ2v) is 7.29. The van der Waals surface area contributed by atoms with Crippen LogP contribution >= 0.6 is 0 Å². The summed E-state index contributed by atoms with van der Waals surface area (Å²) in [5, 5.41) is 0. The highest BCUT2D eigenvalue weighted by Crippen LogP contribution is 2.37. The average molecular weight is 295 g/mol. The molecule has 0 aliphatic heterocycles. The van der Waals surface area contributed by atoms with E-state index in [4.69, 9.17) is 0 Å². The summed E-state index contributed by atoms with van der Waals surface area (Å²) < 4.78 is 25.3. The van der Waals surface area contributed by atoms with E-state index in [2.05, 4.69) is 4.72 Å². The van der Waals surface area contributed by atoms with E-state index in [9.17, 15) is 13.2 Å². The molecule has 1 fully saturated rings. The second kappa shape index (κ2) is 6.39. The first-order valence-electron chi connectivity index (χ1n) is 7.13. The van der Waals surface area contributed by atoms with Crippen molar-refractivity contribution in [2.45, 2.75) is 38.5 Å². The molecule has 1 amide bonds. The van der Waals surface area contributed by atoms with Crippen LogP contribution in [0.2, 0.25) is 0 Å². The first kappa shape index (κ1) is 15.0. The molecule has 1 N–H and O–H groups in total. The highest BCUT2D eigenvalue weighted by atomic mass is 32.2. The Morgan fingerprint density at radius 2 is 1.85 bits per heavy atom. The molecule has 0 saturated heterocycles. The Balaban J connectivity index is 2.17. The largest absolute Gasteiger partial charge is 0.274 e. The van der Waals surface area contributed by atoms with Crippen LogP contribution in [0.3, 0.4) is 0 Å². The Hall–Kier alpha value is -1.36. The summed E-state index contributed by atoms with van der Waals surface area (Å²) in [6, 6.07) is 9.90. The number of hydrogen-bond acceptors (Lipinski definition) is 3. The lowest BCUT2D eigenvalue weighted by Gasteiger charge is -2.30. The Morgan fingerprint density at radius 1 is 1.20 bits per heavy atom. The van der Waals surface area contributed by atoms with Crippen molar-refractivity contribution in [3.8, 4) is 0 Å². The fourth-order valence-corrected chi connectivity index (χ4v) is 3.45. The van der Waals surface area contributed by atoms with Crippen molar-refractivity contribution in [2.24, 2.45) is 5.92 Å². The standard InChI is InChI=1S/C15H21NO3S/c1-2-20(18,19)16-15(17)14-11-7-6-10-13(14)12-8-4-3-5-9-12/h3-5,8-9,13-14H,2,6-7,10-11H2,1H3,(H,16,17)/t13-,14-/m1/s1. The van der Waals surface area contributed by atoms with Crippen molar-refractivity contribution in [1.82, 2.24) is 4.72 Å². The van der Waals surface area contributed by atoms with Crippen LogP contribution < -0.4 is 4.72 Å². The topological polar surface area (TPSA) is 63.2 Å². The van der Waals surface area contributed by atoms with Gasteiger partial charge in [-0.2, -0.15) is 0 Å². The molecular weight excluding hydrogens is 274 g/mol. The molecule has 0 spiro atoms. The molecule has 1 aromatic carbocycles. The van der Waals surface area contributed by atoms with Crippen molar-refractivity contribution in [3.05, 3.63) is 35.9 Å². The third kappa shape index (κ3) is 3.60. The molecule has 2 rings (SSSR count). The van der Waals surface area contributed by atoms with Crippen LogP contribution in [0.5, 0.6) is 0 Å². The summed E-state index contributed by atoms with van der Waals surface area (Å²) in [6.45, 7) is 1.53. The molecule has 1 aliphatic carbocycles. The third-order valence-electron chi connectivity index (χ3n) is 3.97. The second-order valence-electron chi connectivity index (χ2n) is 5.28. The molecule has 110 valence electrons. The Kier molecular flexibility index (Phi) is 4.81. The van der Waals surface area contributed by atoms with Gasteiger partial charge in [-0.05, 0) is 31.2 Å². The predicted molar refractivity (Wildman–Crippen MR) is 78.7 cm³/mol. The van der Waals surface area contributed by atoms with Crippen molar-refractivity contribution in [3.63, 3.8) is 0 Å². The number of carbonyl (C=O) groups is 1. The number of nitrogens with one attached hydrogen (secondary N) is 1. The van der Waals surface area contributed by atoms with E-state index < -0.39 is 10.0 Å². The highest BCUT2D eigenvalue weighted by Gasteiger charge is 2.33. The lowest BCUT2D eigenvalue weighted by molar-refractivity contribution is -0.124. The summed E-state index contributed by atoms with van der Waals surface area (Å²) in [6.07, 6.45) is 3.76. The SMILES string of the molecule is CCS(=O)(=O)NC(=O)[C@@H]1CCCC[C@@H]1c1ccccc1. The van der Waals surface area contributed by atoms with Crippen molar-refractivity contribution in [1.29, 1.82) is 0 Å². The predicted octanol–water partition coefficient (Wildman–Crippen LogP) is 2.43. The van der Waals surface area contributed by atoms with Crippen LogP contribution in [-0.2, 0) is 14.8 Å². The third-order valence-corrected chi connectivity index (χ3v) is 5.24. The lowest BCUT2D eigenvalue weighted by Crippen LogP contribution is -2.39. The van der Waals surface area contributed by atoms with E-state index in [1.165, 1.54) is 6.92 Å². The van der Waals surface area contributed by atoms with Gasteiger partial charge in [-0.25, -0.2) is 8.42 Å². The molecule has 2 atom stereocenters. The minimum atomic E-state index is -3.47. The van der Waals surface area contributed by atoms with Gasteiger partial charge in [0.1, 0.15) is 0 Å². The summed E-state index contributed by atoms with van der Waals surface area (Å²) in [4.78, 5) is 12.3. The van der Waals surface area contributed by atoms with E-state index in [1.54, 1.807) is 0 Å². The summed E-state index contributed by atoms with van der Waals surface area (Å²) in [7, 11) is -3.47. The Morgan fingerprint density at radius 3 is 2.50 bits per heavy atom. The molecular formula is C15H21NO3S. The van der Waals surface area contributed by atoms with Crippen LogP contribution in [0.15, 0.2) is 30.3 Å². The van der Waals surface area contributed by atoms with Gasteiger partial charge in [0.05, 0.1) is 5.75 Å². The van der Waals surface area contributed by atoms with E-state index in [-0.39, 0.29) is 23.5 Å². The van der Waals surface area contributed by atoms with E-state index >= 15 is 0 Å². The van der Waals surface area contributed by atoms with Crippen LogP contribution in [0.1, 0.15) is 44.1 Å². The smallest absolute Gasteiger partial charge is 0.237 e. The molecule has 0 bridgehead atoms. The molecule has 0 unspecified atom stereocenters. The number of sulfonamides is 1. The van der Waals surface area contributed by atoms with Gasteiger partial charge in [0.25, 0.3) is 0 Å². The molecule has 1 aliphatic rings. The normalized spacial score (nSPS) is 23.2. The van der Waals surface area contributed by atoms with Crippen LogP contribution in [0.25, 0.3) is 0 Å². The van der Waals surface area contributed by atoms with Gasteiger partial charge < -0.3 is 0 Å². The zero-order valence-corrected chi connectivity index (χ0v) is 12.5. The van der Waals surface area contributed by atoms with E-state index in [0.717, 1.165) is 31.2 Å². The van der Waals surface area contributed by atoms with Crippen LogP contribution in [0.4, 0.5) is 0 Å². The lowest BCUT2D eigenvalue weighted by atomic mass is 9.75. The molecule has 0 radical (unpaired) electrons. The molecule has 1 saturated carbocycles. The first-order valence-corrected chi connectivity index (χ1v) is 8.78. The van der Waals surface area contributed by atoms with Crippen molar-refractivity contribution >= 4 is 15.9 Å². The minimum Gasteiger partial charge on any atom is -0.274 e. The number of benzene rings is 1. The zero-order chi connectivity index (χ0) is 14.6. The first-order chi connectivity index (χ1) is 9.53. The summed E-state index contributed by atoms with van der Waals surface area (Å²) in [5.41, 5.74) is 1.13. The van der Waals surface area contributed by atoms with Gasteiger partial charge in [0.15, 0.2) is 0 Å². The molecule has 5 heteroatoms. The van der Waals surface area contributed by atoms with Crippen molar-refractivity contribution < 1.29 is 13.2 Å². The van der Waals surface area contributed by atoms with Gasteiger partial charge in [0, 0.05) is 5.92 Å². The summed E-state index contributed by atoms with van der Waals surface area (Å²) in [5.74, 6) is -0.536. The van der Waals surface area contributed by atoms with Gasteiger partial charge in [0.2, 0.25) is 15.9 Å². The molecule has 20 heavy (non-hydrogen) atoms. The molecule has 4 nitrogen and oxygen atoms in total. The zero-order valence-electron chi connectivity index (χ0n) is 11.7. The molecule has 0 aromatic heterocycles. The van der Waals surface area contributed by atoms with Crippen LogP contribution in [0, 0.1) is 5.92 Å². The quantitative estimate of drug-likeness (QED) is 0.928. The minimum absolute atomic E-state index is 0.0680. The Bertz CT molecular complexity index is 554. The fourth-order valence-electron chi connectivity index (χ4n) is 2.85. The maximum absolute atomic E-state index is 12.3. The highest BCUT2D eigenvalue weighted by molar-refractivity contribution is 7.90. The monoisotopic (exact) mass is 295 g/mol. The van der Waals surface area contributed by atoms with E-state index in [1.807, 2.05) is 30.3 Å². The van der Waals surface area contributed by atoms with Gasteiger partial charge in [-0.1, -0.05) is 43.2 Å². The number of hydrogen-bond donors (Lipinski definition) is 1. The number of amides is 1. The fraction of sp³-hybridized carbons (Fsp3) is 0.533. The van der Waals surface area contributed by atoms with Gasteiger partial charge in [-0.15, -0.1) is 0 Å². The van der Waals surface area contributed by atoms with Gasteiger partial charge >= 0.3 is 0 Å². The molecule has 0 heterocycles. The maximum atomic E-state index is 12.3. The van der Waals surface area contributed by atoms with Crippen LogP contribution in [-0.4, -0.2) is 20.1 Å². The number of rotatable bonds is 4. The van der Waals surface area contributed by atoms with E-state index in [0.29, 0.717) is 0 Å². The maximum Gasteiger partial charge on any atom is 0.237 e. The summed E-state index contributed by atoms with van der Waals surface area (Å²) >= 11 is 0. The average Bonchev–Trinajstić information content (AvgIpc) is 2.48. The Labute approximate surface area is 120 Å².